The van der Waals surface area contributed by atoms with Crippen LogP contribution in [-0.2, 0) is 14.6 Å². The van der Waals surface area contributed by atoms with Crippen molar-refractivity contribution in [2.45, 2.75) is 24.0 Å². The van der Waals surface area contributed by atoms with E-state index in [0.717, 1.165) is 12.7 Å². The number of carboxylic acids is 1. The second kappa shape index (κ2) is 4.06. The summed E-state index contributed by atoms with van der Waals surface area (Å²) < 4.78 is 21.3. The fourth-order valence-electron chi connectivity index (χ4n) is 1.93. The van der Waals surface area contributed by atoms with Gasteiger partial charge in [-0.1, -0.05) is 6.42 Å². The normalized spacial score (nSPS) is 30.1. The number of carbonyl (C=O) groups is 1. The Kier molecular flexibility index (Phi) is 3.42. The van der Waals surface area contributed by atoms with Gasteiger partial charge in [-0.3, -0.25) is 4.79 Å². The van der Waals surface area contributed by atoms with E-state index in [-0.39, 0.29) is 0 Å². The Morgan fingerprint density at radius 2 is 2.07 bits per heavy atom. The zero-order valence-electron chi connectivity index (χ0n) is 7.81. The van der Waals surface area contributed by atoms with Crippen LogP contribution >= 0.6 is 11.6 Å². The predicted octanol–water partition coefficient (Wildman–Crippen LogP) is 1.10. The lowest BCUT2D eigenvalue weighted by atomic mass is 9.98. The first-order valence-corrected chi connectivity index (χ1v) is 6.79. The summed E-state index contributed by atoms with van der Waals surface area (Å²) in [5.41, 5.74) is 0. The molecule has 0 aliphatic heterocycles. The number of hydrogen-bond acceptors (Lipinski definition) is 3. The first-order valence-electron chi connectivity index (χ1n) is 4.40. The molecule has 3 atom stereocenters. The largest absolute Gasteiger partial charge is 0.481 e. The summed E-state index contributed by atoms with van der Waals surface area (Å²) in [5.74, 6) is -1.99. The molecule has 0 spiro atoms. The molecular weight excluding hydrogens is 228 g/mol. The Labute approximate surface area is 88.2 Å². The number of carboxylic acid groups (broad SMARTS) is 1. The monoisotopic (exact) mass is 240 g/mol. The molecule has 1 aliphatic carbocycles. The third-order valence-electron chi connectivity index (χ3n) is 2.63. The lowest BCUT2D eigenvalue weighted by Gasteiger charge is -2.19. The van der Waals surface area contributed by atoms with Gasteiger partial charge in [-0.15, -0.1) is 11.6 Å². The number of halogens is 1. The SMILES string of the molecule is CS(=O)(=O)C(Cl)C1CCCC1C(=O)O. The van der Waals surface area contributed by atoms with Gasteiger partial charge in [-0.2, -0.15) is 0 Å². The van der Waals surface area contributed by atoms with E-state index in [1.54, 1.807) is 0 Å². The van der Waals surface area contributed by atoms with Crippen LogP contribution in [0.15, 0.2) is 0 Å². The lowest BCUT2D eigenvalue weighted by Crippen LogP contribution is -2.30. The van der Waals surface area contributed by atoms with Crippen LogP contribution in [0.2, 0.25) is 0 Å². The third-order valence-corrected chi connectivity index (χ3v) is 5.09. The highest BCUT2D eigenvalue weighted by Gasteiger charge is 2.41. The van der Waals surface area contributed by atoms with Gasteiger partial charge in [0.15, 0.2) is 9.84 Å². The fraction of sp³-hybridized carbons (Fsp3) is 0.875. The molecule has 3 unspecified atom stereocenters. The Hall–Kier alpha value is -0.290. The molecule has 82 valence electrons. The summed E-state index contributed by atoms with van der Waals surface area (Å²) in [4.78, 5) is 10.8. The smallest absolute Gasteiger partial charge is 0.306 e. The Balaban J connectivity index is 2.82. The van der Waals surface area contributed by atoms with Crippen LogP contribution in [0.1, 0.15) is 19.3 Å². The summed E-state index contributed by atoms with van der Waals surface area (Å²) in [6.45, 7) is 0. The number of aliphatic carboxylic acids is 1. The van der Waals surface area contributed by atoms with Gasteiger partial charge in [-0.05, 0) is 12.8 Å². The van der Waals surface area contributed by atoms with E-state index in [2.05, 4.69) is 0 Å². The average molecular weight is 241 g/mol. The second-order valence-electron chi connectivity index (χ2n) is 3.72. The second-order valence-corrected chi connectivity index (χ2v) is 6.62. The molecule has 1 rings (SSSR count). The van der Waals surface area contributed by atoms with Crippen molar-refractivity contribution in [3.63, 3.8) is 0 Å². The summed E-state index contributed by atoms with van der Waals surface area (Å²) >= 11 is 5.75. The van der Waals surface area contributed by atoms with E-state index in [1.807, 2.05) is 0 Å². The molecule has 0 amide bonds. The topological polar surface area (TPSA) is 71.4 Å². The van der Waals surface area contributed by atoms with Crippen LogP contribution in [0.4, 0.5) is 0 Å². The van der Waals surface area contributed by atoms with Crippen molar-refractivity contribution in [3.8, 4) is 0 Å². The number of sulfone groups is 1. The van der Waals surface area contributed by atoms with Crippen LogP contribution in [0.25, 0.3) is 0 Å². The standard InChI is InChI=1S/C8H13ClO4S/c1-14(12,13)7(9)5-3-2-4-6(5)8(10)11/h5-7H,2-4H2,1H3,(H,10,11). The molecule has 0 saturated heterocycles. The summed E-state index contributed by atoms with van der Waals surface area (Å²) in [7, 11) is -3.35. The molecule has 14 heavy (non-hydrogen) atoms. The van der Waals surface area contributed by atoms with Crippen molar-refractivity contribution < 1.29 is 18.3 Å². The fourth-order valence-corrected chi connectivity index (χ4v) is 3.19. The van der Waals surface area contributed by atoms with Gasteiger partial charge < -0.3 is 5.11 Å². The van der Waals surface area contributed by atoms with Gasteiger partial charge in [0.05, 0.1) is 5.92 Å². The van der Waals surface area contributed by atoms with Crippen LogP contribution in [0.5, 0.6) is 0 Å². The highest BCUT2D eigenvalue weighted by molar-refractivity contribution is 7.92. The highest BCUT2D eigenvalue weighted by atomic mass is 35.5. The van der Waals surface area contributed by atoms with E-state index < -0.39 is 32.4 Å². The maximum absolute atomic E-state index is 11.2. The minimum Gasteiger partial charge on any atom is -0.481 e. The molecule has 4 nitrogen and oxygen atoms in total. The minimum absolute atomic E-state index is 0.441. The van der Waals surface area contributed by atoms with Crippen molar-refractivity contribution in [1.29, 1.82) is 0 Å². The lowest BCUT2D eigenvalue weighted by molar-refractivity contribution is -0.142. The van der Waals surface area contributed by atoms with Gasteiger partial charge in [0, 0.05) is 12.2 Å². The molecule has 0 aromatic rings. The van der Waals surface area contributed by atoms with Gasteiger partial charge in [0.1, 0.15) is 4.71 Å². The van der Waals surface area contributed by atoms with E-state index >= 15 is 0 Å². The molecule has 0 aromatic heterocycles. The molecule has 1 saturated carbocycles. The average Bonchev–Trinajstić information content (AvgIpc) is 2.48. The Bertz CT molecular complexity index is 324. The first kappa shape index (κ1) is 11.8. The van der Waals surface area contributed by atoms with E-state index in [1.165, 1.54) is 0 Å². The first-order chi connectivity index (χ1) is 6.34. The summed E-state index contributed by atoms with van der Waals surface area (Å²) in [6.07, 6.45) is 2.89. The quantitative estimate of drug-likeness (QED) is 0.750. The van der Waals surface area contributed by atoms with Gasteiger partial charge in [0.25, 0.3) is 0 Å². The van der Waals surface area contributed by atoms with E-state index in [4.69, 9.17) is 16.7 Å². The van der Waals surface area contributed by atoms with E-state index in [0.29, 0.717) is 12.8 Å². The molecule has 0 aromatic carbocycles. The van der Waals surface area contributed by atoms with Crippen LogP contribution in [0.3, 0.4) is 0 Å². The van der Waals surface area contributed by atoms with Crippen molar-refractivity contribution in [2.75, 3.05) is 6.26 Å². The van der Waals surface area contributed by atoms with Crippen LogP contribution in [-0.4, -0.2) is 30.5 Å². The number of alkyl halides is 1. The van der Waals surface area contributed by atoms with Crippen molar-refractivity contribution in [2.24, 2.45) is 11.8 Å². The molecule has 0 heterocycles. The van der Waals surface area contributed by atoms with Crippen molar-refractivity contribution in [3.05, 3.63) is 0 Å². The van der Waals surface area contributed by atoms with Gasteiger partial charge >= 0.3 is 5.97 Å². The van der Waals surface area contributed by atoms with Gasteiger partial charge in [0.2, 0.25) is 0 Å². The van der Waals surface area contributed by atoms with Crippen LogP contribution in [0, 0.1) is 11.8 Å². The number of hydrogen-bond donors (Lipinski definition) is 1. The molecular formula is C8H13ClO4S. The van der Waals surface area contributed by atoms with Crippen molar-refractivity contribution in [1.82, 2.24) is 0 Å². The molecule has 1 N–H and O–H groups in total. The maximum Gasteiger partial charge on any atom is 0.306 e. The zero-order valence-corrected chi connectivity index (χ0v) is 9.38. The molecule has 6 heteroatoms. The predicted molar refractivity (Wildman–Crippen MR) is 53.0 cm³/mol. The molecule has 1 fully saturated rings. The van der Waals surface area contributed by atoms with Gasteiger partial charge in [-0.25, -0.2) is 8.42 Å². The minimum atomic E-state index is -3.35. The zero-order chi connectivity index (χ0) is 10.9. The third kappa shape index (κ3) is 2.39. The van der Waals surface area contributed by atoms with Crippen molar-refractivity contribution >= 4 is 27.4 Å². The molecule has 1 aliphatic rings. The van der Waals surface area contributed by atoms with E-state index in [9.17, 15) is 13.2 Å². The summed E-state index contributed by atoms with van der Waals surface area (Å²) in [5, 5.41) is 8.84. The molecule has 0 radical (unpaired) electrons. The number of rotatable bonds is 3. The summed E-state index contributed by atoms with van der Waals surface area (Å²) in [6, 6.07) is 0. The van der Waals surface area contributed by atoms with Crippen LogP contribution < -0.4 is 0 Å². The molecule has 0 bridgehead atoms. The Morgan fingerprint density at radius 1 is 1.50 bits per heavy atom. The highest BCUT2D eigenvalue weighted by Crippen LogP contribution is 2.38. The maximum atomic E-state index is 11.2. The Morgan fingerprint density at radius 3 is 2.50 bits per heavy atom.